The zero-order chi connectivity index (χ0) is 19.6. The Morgan fingerprint density at radius 2 is 2.07 bits per heavy atom. The van der Waals surface area contributed by atoms with E-state index in [0.717, 1.165) is 0 Å². The number of carbonyl (C=O) groups excluding carboxylic acids is 1. The summed E-state index contributed by atoms with van der Waals surface area (Å²) in [4.78, 5) is 16.0. The van der Waals surface area contributed by atoms with Crippen LogP contribution in [0.25, 0.3) is 10.2 Å². The summed E-state index contributed by atoms with van der Waals surface area (Å²) in [5, 5.41) is 3.44. The number of fused-ring (bicyclic) bond motifs is 1. The molecule has 27 heavy (non-hydrogen) atoms. The van der Waals surface area contributed by atoms with E-state index in [9.17, 15) is 13.2 Å². The van der Waals surface area contributed by atoms with Gasteiger partial charge in [-0.15, -0.1) is 0 Å². The van der Waals surface area contributed by atoms with Gasteiger partial charge in [0, 0.05) is 17.5 Å². The number of hydrogen-bond acceptors (Lipinski definition) is 6. The van der Waals surface area contributed by atoms with Crippen LogP contribution >= 0.6 is 22.9 Å². The Morgan fingerprint density at radius 3 is 2.74 bits per heavy atom. The summed E-state index contributed by atoms with van der Waals surface area (Å²) in [5.74, 6) is 0.236. The lowest BCUT2D eigenvalue weighted by atomic mass is 10.3. The average molecular weight is 426 g/mol. The van der Waals surface area contributed by atoms with E-state index in [-0.39, 0.29) is 10.8 Å². The molecule has 0 saturated heterocycles. The quantitative estimate of drug-likeness (QED) is 0.619. The monoisotopic (exact) mass is 425 g/mol. The Balaban J connectivity index is 1.98. The first-order valence-corrected chi connectivity index (χ1v) is 10.6. The number of nitrogens with zero attached hydrogens (tertiary/aromatic N) is 1. The van der Waals surface area contributed by atoms with Crippen molar-refractivity contribution >= 4 is 59.9 Å². The molecule has 142 valence electrons. The van der Waals surface area contributed by atoms with Crippen LogP contribution in [0.4, 0.5) is 10.8 Å². The van der Waals surface area contributed by atoms with E-state index in [0.29, 0.717) is 38.2 Å². The summed E-state index contributed by atoms with van der Waals surface area (Å²) in [7, 11) is -2.36. The SMILES string of the molecule is CCC(=O)Nc1nc2c(OC)cc(NS(=O)(=O)c3cccc(Cl)c3)cc2s1. The lowest BCUT2D eigenvalue weighted by Crippen LogP contribution is -2.12. The summed E-state index contributed by atoms with van der Waals surface area (Å²) in [6.45, 7) is 1.74. The number of benzene rings is 2. The molecule has 2 aromatic carbocycles. The minimum atomic E-state index is -3.82. The minimum absolute atomic E-state index is 0.0502. The first-order chi connectivity index (χ1) is 12.8. The van der Waals surface area contributed by atoms with Crippen LogP contribution < -0.4 is 14.8 Å². The van der Waals surface area contributed by atoms with Gasteiger partial charge in [0.2, 0.25) is 5.91 Å². The van der Waals surface area contributed by atoms with Gasteiger partial charge < -0.3 is 10.1 Å². The van der Waals surface area contributed by atoms with Crippen molar-refractivity contribution < 1.29 is 17.9 Å². The molecular weight excluding hydrogens is 410 g/mol. The van der Waals surface area contributed by atoms with Crippen LogP contribution in [0.1, 0.15) is 13.3 Å². The van der Waals surface area contributed by atoms with Gasteiger partial charge in [-0.2, -0.15) is 0 Å². The Kier molecular flexibility index (Phi) is 5.54. The molecule has 0 saturated carbocycles. The van der Waals surface area contributed by atoms with E-state index in [1.807, 2.05) is 0 Å². The second-order valence-corrected chi connectivity index (χ2v) is 8.66. The van der Waals surface area contributed by atoms with E-state index in [1.54, 1.807) is 25.1 Å². The summed E-state index contributed by atoms with van der Waals surface area (Å²) < 4.78 is 33.7. The maximum atomic E-state index is 12.6. The number of sulfonamides is 1. The van der Waals surface area contributed by atoms with Gasteiger partial charge in [-0.3, -0.25) is 9.52 Å². The number of carbonyl (C=O) groups is 1. The highest BCUT2D eigenvalue weighted by Crippen LogP contribution is 2.36. The minimum Gasteiger partial charge on any atom is -0.494 e. The van der Waals surface area contributed by atoms with E-state index in [1.165, 1.54) is 36.6 Å². The number of thiazole rings is 1. The third kappa shape index (κ3) is 4.32. The lowest BCUT2D eigenvalue weighted by Gasteiger charge is -2.10. The van der Waals surface area contributed by atoms with Crippen molar-refractivity contribution in [3.8, 4) is 5.75 Å². The third-order valence-corrected chi connectivity index (χ3v) is 6.14. The topological polar surface area (TPSA) is 97.4 Å². The predicted molar refractivity (Wildman–Crippen MR) is 107 cm³/mol. The van der Waals surface area contributed by atoms with Gasteiger partial charge in [0.25, 0.3) is 10.0 Å². The van der Waals surface area contributed by atoms with Gasteiger partial charge in [-0.25, -0.2) is 13.4 Å². The molecule has 0 spiro atoms. The van der Waals surface area contributed by atoms with E-state index in [2.05, 4.69) is 15.0 Å². The zero-order valence-electron chi connectivity index (χ0n) is 14.4. The summed E-state index contributed by atoms with van der Waals surface area (Å²) in [5.41, 5.74) is 0.857. The molecule has 10 heteroatoms. The highest BCUT2D eigenvalue weighted by Gasteiger charge is 2.18. The highest BCUT2D eigenvalue weighted by atomic mass is 35.5. The molecule has 3 rings (SSSR count). The molecule has 1 amide bonds. The second-order valence-electron chi connectivity index (χ2n) is 5.51. The molecule has 0 atom stereocenters. The first kappa shape index (κ1) is 19.4. The van der Waals surface area contributed by atoms with Crippen molar-refractivity contribution in [2.24, 2.45) is 0 Å². The van der Waals surface area contributed by atoms with Gasteiger partial charge in [-0.1, -0.05) is 35.9 Å². The van der Waals surface area contributed by atoms with Crippen molar-refractivity contribution in [2.75, 3.05) is 17.1 Å². The Hall–Kier alpha value is -2.36. The van der Waals surface area contributed by atoms with Gasteiger partial charge >= 0.3 is 0 Å². The molecule has 0 bridgehead atoms. The molecule has 0 radical (unpaired) electrons. The zero-order valence-corrected chi connectivity index (χ0v) is 16.8. The fourth-order valence-electron chi connectivity index (χ4n) is 2.32. The van der Waals surface area contributed by atoms with Gasteiger partial charge in [0.15, 0.2) is 5.13 Å². The number of aromatic nitrogens is 1. The number of amides is 1. The van der Waals surface area contributed by atoms with Crippen LogP contribution in [0.2, 0.25) is 5.02 Å². The second kappa shape index (κ2) is 7.71. The number of nitrogens with one attached hydrogen (secondary N) is 2. The van der Waals surface area contributed by atoms with E-state index in [4.69, 9.17) is 16.3 Å². The van der Waals surface area contributed by atoms with Crippen LogP contribution in [0.3, 0.4) is 0 Å². The molecule has 0 aliphatic rings. The average Bonchev–Trinajstić information content (AvgIpc) is 3.02. The highest BCUT2D eigenvalue weighted by molar-refractivity contribution is 7.92. The van der Waals surface area contributed by atoms with Crippen molar-refractivity contribution in [1.29, 1.82) is 0 Å². The van der Waals surface area contributed by atoms with E-state index < -0.39 is 10.0 Å². The smallest absolute Gasteiger partial charge is 0.261 e. The van der Waals surface area contributed by atoms with Crippen LogP contribution in [-0.4, -0.2) is 26.4 Å². The van der Waals surface area contributed by atoms with Gasteiger partial charge in [0.1, 0.15) is 11.3 Å². The Labute approximate surface area is 165 Å². The van der Waals surface area contributed by atoms with Crippen LogP contribution in [-0.2, 0) is 14.8 Å². The summed E-state index contributed by atoms with van der Waals surface area (Å²) in [6, 6.07) is 9.15. The normalized spacial score (nSPS) is 11.4. The molecule has 2 N–H and O–H groups in total. The van der Waals surface area contributed by atoms with Crippen molar-refractivity contribution in [3.05, 3.63) is 41.4 Å². The number of halogens is 1. The number of rotatable bonds is 6. The Bertz CT molecular complexity index is 1110. The van der Waals surface area contributed by atoms with Gasteiger partial charge in [-0.05, 0) is 24.3 Å². The van der Waals surface area contributed by atoms with Gasteiger partial charge in [0.05, 0.1) is 22.4 Å². The molecule has 1 aromatic heterocycles. The lowest BCUT2D eigenvalue weighted by molar-refractivity contribution is -0.115. The Morgan fingerprint density at radius 1 is 1.30 bits per heavy atom. The predicted octanol–water partition coefficient (Wildman–Crippen LogP) is 4.11. The summed E-state index contributed by atoms with van der Waals surface area (Å²) >= 11 is 7.11. The molecule has 0 fully saturated rings. The largest absolute Gasteiger partial charge is 0.494 e. The van der Waals surface area contributed by atoms with Crippen molar-refractivity contribution in [1.82, 2.24) is 4.98 Å². The van der Waals surface area contributed by atoms with Crippen LogP contribution in [0.5, 0.6) is 5.75 Å². The molecular formula is C17H16ClN3O4S2. The fraction of sp³-hybridized carbons (Fsp3) is 0.176. The number of methoxy groups -OCH3 is 1. The standard InChI is InChI=1S/C17H16ClN3O4S2/c1-3-15(22)19-17-20-16-13(25-2)8-11(9-14(16)26-17)21-27(23,24)12-6-4-5-10(18)7-12/h4-9,21H,3H2,1-2H3,(H,19,20,22). The van der Waals surface area contributed by atoms with E-state index >= 15 is 0 Å². The maximum absolute atomic E-state index is 12.6. The summed E-state index contributed by atoms with van der Waals surface area (Å²) in [6.07, 6.45) is 0.331. The molecule has 0 unspecified atom stereocenters. The molecule has 0 aliphatic heterocycles. The third-order valence-electron chi connectivity index (χ3n) is 3.61. The molecule has 0 aliphatic carbocycles. The number of anilines is 2. The van der Waals surface area contributed by atoms with Crippen molar-refractivity contribution in [2.45, 2.75) is 18.2 Å². The van der Waals surface area contributed by atoms with Crippen LogP contribution in [0, 0.1) is 0 Å². The maximum Gasteiger partial charge on any atom is 0.261 e. The van der Waals surface area contributed by atoms with Crippen LogP contribution in [0.15, 0.2) is 41.3 Å². The number of hydrogen-bond donors (Lipinski definition) is 2. The van der Waals surface area contributed by atoms with Crippen molar-refractivity contribution in [3.63, 3.8) is 0 Å². The fourth-order valence-corrected chi connectivity index (χ4v) is 4.60. The number of ether oxygens (including phenoxy) is 1. The first-order valence-electron chi connectivity index (χ1n) is 7.89. The molecule has 1 heterocycles. The molecule has 3 aromatic rings. The molecule has 7 nitrogen and oxygen atoms in total.